The van der Waals surface area contributed by atoms with E-state index in [-0.39, 0.29) is 11.7 Å². The first-order chi connectivity index (χ1) is 6.86. The van der Waals surface area contributed by atoms with E-state index in [4.69, 9.17) is 6.57 Å². The van der Waals surface area contributed by atoms with Gasteiger partial charge >= 0.3 is 0 Å². The van der Waals surface area contributed by atoms with E-state index in [1.165, 1.54) is 0 Å². The average Bonchev–Trinajstić information content (AvgIpc) is 2.15. The molecule has 3 heteroatoms. The molecule has 0 bridgehead atoms. The van der Waals surface area contributed by atoms with Gasteiger partial charge in [-0.25, -0.2) is 11.5 Å². The van der Waals surface area contributed by atoms with Gasteiger partial charge in [-0.15, -0.1) is 0 Å². The minimum atomic E-state index is 0.0398. The highest BCUT2D eigenvalue weighted by Gasteiger charge is 2.36. The first-order valence-corrected chi connectivity index (χ1v) is 5.73. The summed E-state index contributed by atoms with van der Waals surface area (Å²) in [6, 6.07) is 0.478. The van der Waals surface area contributed by atoms with Crippen molar-refractivity contribution < 1.29 is 0 Å². The highest BCUT2D eigenvalue weighted by Crippen LogP contribution is 2.21. The second-order valence-electron chi connectivity index (χ2n) is 5.56. The standard InChI is InChI=1S/C12H23N3/c1-10(2)15-8-7-14(12(3,4)5)9-11(15)13-6/h10-11H,7-9H2,1-5H3/t11-/m1/s1. The molecule has 1 rings (SSSR count). The number of piperazine rings is 1. The van der Waals surface area contributed by atoms with Crippen molar-refractivity contribution in [1.82, 2.24) is 9.80 Å². The van der Waals surface area contributed by atoms with Crippen molar-refractivity contribution in [1.29, 1.82) is 0 Å². The Bertz CT molecular complexity index is 247. The van der Waals surface area contributed by atoms with Crippen molar-refractivity contribution >= 4 is 0 Å². The highest BCUT2D eigenvalue weighted by atomic mass is 15.4. The Kier molecular flexibility index (Phi) is 3.75. The van der Waals surface area contributed by atoms with Crippen LogP contribution in [-0.4, -0.2) is 47.2 Å². The molecule has 1 heterocycles. The van der Waals surface area contributed by atoms with Crippen LogP contribution in [0, 0.1) is 6.57 Å². The zero-order chi connectivity index (χ0) is 11.6. The van der Waals surface area contributed by atoms with E-state index in [0.717, 1.165) is 19.6 Å². The molecule has 1 aliphatic rings. The molecule has 1 atom stereocenters. The third-order valence-corrected chi connectivity index (χ3v) is 3.16. The van der Waals surface area contributed by atoms with E-state index in [9.17, 15) is 0 Å². The lowest BCUT2D eigenvalue weighted by Gasteiger charge is -2.43. The first-order valence-electron chi connectivity index (χ1n) is 5.73. The van der Waals surface area contributed by atoms with Crippen LogP contribution in [0.4, 0.5) is 0 Å². The summed E-state index contributed by atoms with van der Waals surface area (Å²) in [5.41, 5.74) is 0.187. The van der Waals surface area contributed by atoms with E-state index in [1.54, 1.807) is 0 Å². The molecule has 0 aliphatic carbocycles. The molecule has 15 heavy (non-hydrogen) atoms. The Morgan fingerprint density at radius 2 is 1.87 bits per heavy atom. The number of hydrogen-bond donors (Lipinski definition) is 0. The fraction of sp³-hybridized carbons (Fsp3) is 0.917. The number of hydrogen-bond acceptors (Lipinski definition) is 2. The predicted molar refractivity (Wildman–Crippen MR) is 63.6 cm³/mol. The van der Waals surface area contributed by atoms with Gasteiger partial charge in [-0.3, -0.25) is 9.74 Å². The molecule has 1 fully saturated rings. The SMILES string of the molecule is [C-]#[N+][C@H]1CN(C(C)(C)C)CCN1C(C)C. The third kappa shape index (κ3) is 2.93. The maximum atomic E-state index is 7.27. The summed E-state index contributed by atoms with van der Waals surface area (Å²) >= 11 is 0. The molecule has 1 saturated heterocycles. The van der Waals surface area contributed by atoms with Gasteiger partial charge in [0.25, 0.3) is 6.17 Å². The van der Waals surface area contributed by atoms with Crippen molar-refractivity contribution in [2.75, 3.05) is 19.6 Å². The van der Waals surface area contributed by atoms with Gasteiger partial charge in [0.05, 0.1) is 6.54 Å². The van der Waals surface area contributed by atoms with E-state index < -0.39 is 0 Å². The molecule has 0 saturated carbocycles. The summed E-state index contributed by atoms with van der Waals surface area (Å²) in [5.74, 6) is 0. The smallest absolute Gasteiger partial charge is 0.292 e. The molecule has 0 radical (unpaired) electrons. The molecular weight excluding hydrogens is 186 g/mol. The number of nitrogens with zero attached hydrogens (tertiary/aromatic N) is 3. The van der Waals surface area contributed by atoms with Gasteiger partial charge in [0, 0.05) is 24.7 Å². The molecule has 86 valence electrons. The Labute approximate surface area is 93.9 Å². The molecule has 3 nitrogen and oxygen atoms in total. The van der Waals surface area contributed by atoms with E-state index in [2.05, 4.69) is 49.3 Å². The summed E-state index contributed by atoms with van der Waals surface area (Å²) in [6.45, 7) is 21.3. The zero-order valence-corrected chi connectivity index (χ0v) is 10.6. The summed E-state index contributed by atoms with van der Waals surface area (Å²) in [4.78, 5) is 8.46. The lowest BCUT2D eigenvalue weighted by molar-refractivity contribution is 0.0228. The maximum Gasteiger partial charge on any atom is 0.292 e. The quantitative estimate of drug-likeness (QED) is 0.612. The monoisotopic (exact) mass is 209 g/mol. The lowest BCUT2D eigenvalue weighted by atomic mass is 10.0. The molecule has 0 aromatic heterocycles. The zero-order valence-electron chi connectivity index (χ0n) is 10.6. The van der Waals surface area contributed by atoms with Gasteiger partial charge in [0.15, 0.2) is 0 Å². The Morgan fingerprint density at radius 1 is 1.27 bits per heavy atom. The van der Waals surface area contributed by atoms with E-state index in [0.29, 0.717) is 6.04 Å². The van der Waals surface area contributed by atoms with Crippen LogP contribution in [-0.2, 0) is 0 Å². The molecule has 1 aliphatic heterocycles. The molecule has 0 amide bonds. The lowest BCUT2D eigenvalue weighted by Crippen LogP contribution is -2.58. The van der Waals surface area contributed by atoms with E-state index >= 15 is 0 Å². The van der Waals surface area contributed by atoms with Crippen LogP contribution in [0.1, 0.15) is 34.6 Å². The van der Waals surface area contributed by atoms with Gasteiger partial charge in [-0.05, 0) is 34.6 Å². The topological polar surface area (TPSA) is 10.8 Å². The summed E-state index contributed by atoms with van der Waals surface area (Å²) in [6.07, 6.45) is 0.0398. The van der Waals surface area contributed by atoms with Crippen LogP contribution in [0.5, 0.6) is 0 Å². The van der Waals surface area contributed by atoms with Gasteiger partial charge in [0.1, 0.15) is 0 Å². The largest absolute Gasteiger partial charge is 0.295 e. The highest BCUT2D eigenvalue weighted by molar-refractivity contribution is 4.92. The minimum Gasteiger partial charge on any atom is -0.295 e. The predicted octanol–water partition coefficient (Wildman–Crippen LogP) is 2.06. The second kappa shape index (κ2) is 4.51. The molecule has 0 unspecified atom stereocenters. The van der Waals surface area contributed by atoms with Gasteiger partial charge < -0.3 is 0 Å². The molecule has 0 aromatic rings. The average molecular weight is 209 g/mol. The second-order valence-corrected chi connectivity index (χ2v) is 5.56. The van der Waals surface area contributed by atoms with Crippen molar-refractivity contribution in [3.63, 3.8) is 0 Å². The van der Waals surface area contributed by atoms with Crippen LogP contribution in [0.2, 0.25) is 0 Å². The maximum absolute atomic E-state index is 7.27. The normalized spacial score (nSPS) is 25.5. The van der Waals surface area contributed by atoms with Crippen LogP contribution >= 0.6 is 0 Å². The van der Waals surface area contributed by atoms with Crippen molar-refractivity contribution in [2.45, 2.75) is 52.4 Å². The van der Waals surface area contributed by atoms with Gasteiger partial charge in [0.2, 0.25) is 0 Å². The van der Waals surface area contributed by atoms with Crippen LogP contribution in [0.3, 0.4) is 0 Å². The molecular formula is C12H23N3. The Balaban J connectivity index is 2.68. The summed E-state index contributed by atoms with van der Waals surface area (Å²) < 4.78 is 0. The molecule has 0 aromatic carbocycles. The third-order valence-electron chi connectivity index (χ3n) is 3.16. The molecule has 0 spiro atoms. The first kappa shape index (κ1) is 12.5. The minimum absolute atomic E-state index is 0.0398. The number of rotatable bonds is 1. The fourth-order valence-corrected chi connectivity index (χ4v) is 2.11. The van der Waals surface area contributed by atoms with Crippen LogP contribution < -0.4 is 0 Å². The summed E-state index contributed by atoms with van der Waals surface area (Å²) in [5, 5.41) is 0. The van der Waals surface area contributed by atoms with Gasteiger partial charge in [-0.1, -0.05) is 0 Å². The fourth-order valence-electron chi connectivity index (χ4n) is 2.11. The Hall–Kier alpha value is -0.590. The van der Waals surface area contributed by atoms with Gasteiger partial charge in [-0.2, -0.15) is 0 Å². The van der Waals surface area contributed by atoms with Crippen molar-refractivity contribution in [2.24, 2.45) is 0 Å². The van der Waals surface area contributed by atoms with Crippen molar-refractivity contribution in [3.8, 4) is 0 Å². The molecule has 0 N–H and O–H groups in total. The van der Waals surface area contributed by atoms with Crippen LogP contribution in [0.15, 0.2) is 0 Å². The van der Waals surface area contributed by atoms with Crippen molar-refractivity contribution in [3.05, 3.63) is 11.4 Å². The van der Waals surface area contributed by atoms with E-state index in [1.807, 2.05) is 0 Å². The Morgan fingerprint density at radius 3 is 2.27 bits per heavy atom. The summed E-state index contributed by atoms with van der Waals surface area (Å²) in [7, 11) is 0. The van der Waals surface area contributed by atoms with Crippen LogP contribution in [0.25, 0.3) is 4.85 Å².